The first-order valence-corrected chi connectivity index (χ1v) is 9.45. The molecule has 1 saturated heterocycles. The maximum Gasteiger partial charge on any atom is 0.260 e. The van der Waals surface area contributed by atoms with Crippen molar-refractivity contribution in [3.63, 3.8) is 0 Å². The largest absolute Gasteiger partial charge is 0.508 e. The summed E-state index contributed by atoms with van der Waals surface area (Å²) >= 11 is 0. The van der Waals surface area contributed by atoms with Crippen LogP contribution in [0.3, 0.4) is 0 Å². The zero-order valence-electron chi connectivity index (χ0n) is 16.3. The quantitative estimate of drug-likeness (QED) is 0.880. The Morgan fingerprint density at radius 1 is 1.07 bits per heavy atom. The van der Waals surface area contributed by atoms with Crippen molar-refractivity contribution >= 4 is 5.91 Å². The molecule has 1 heterocycles. The highest BCUT2D eigenvalue weighted by molar-refractivity contribution is 5.77. The fourth-order valence-electron chi connectivity index (χ4n) is 3.63. The van der Waals surface area contributed by atoms with Crippen LogP contribution in [0.2, 0.25) is 0 Å². The second-order valence-electron chi connectivity index (χ2n) is 7.24. The molecule has 2 aromatic rings. The van der Waals surface area contributed by atoms with Gasteiger partial charge < -0.3 is 14.7 Å². The van der Waals surface area contributed by atoms with Gasteiger partial charge in [0.15, 0.2) is 6.61 Å². The number of aryl methyl sites for hydroxylation is 2. The fourth-order valence-corrected chi connectivity index (χ4v) is 3.63. The summed E-state index contributed by atoms with van der Waals surface area (Å²) in [7, 11) is 0. The Balaban J connectivity index is 1.50. The van der Waals surface area contributed by atoms with Gasteiger partial charge in [0.1, 0.15) is 11.5 Å². The summed E-state index contributed by atoms with van der Waals surface area (Å²) in [5.74, 6) is 0.771. The number of amides is 1. The topological polar surface area (TPSA) is 53.0 Å². The van der Waals surface area contributed by atoms with E-state index in [9.17, 15) is 9.90 Å². The highest BCUT2D eigenvalue weighted by Gasteiger charge is 2.25. The molecule has 1 N–H and O–H groups in total. The molecule has 5 heteroatoms. The number of phenols is 1. The molecule has 0 aromatic heterocycles. The highest BCUT2D eigenvalue weighted by atomic mass is 16.5. The number of rotatable bonds is 5. The van der Waals surface area contributed by atoms with E-state index < -0.39 is 0 Å². The van der Waals surface area contributed by atoms with Gasteiger partial charge in [-0.05, 0) is 56.2 Å². The van der Waals surface area contributed by atoms with E-state index in [1.807, 2.05) is 4.90 Å². The summed E-state index contributed by atoms with van der Waals surface area (Å²) < 4.78 is 5.53. The number of carbonyl (C=O) groups excluding carboxylic acids is 1. The van der Waals surface area contributed by atoms with Crippen LogP contribution in [0.1, 0.15) is 29.7 Å². The van der Waals surface area contributed by atoms with Gasteiger partial charge in [-0.1, -0.05) is 23.8 Å². The smallest absolute Gasteiger partial charge is 0.260 e. The van der Waals surface area contributed by atoms with Crippen molar-refractivity contribution in [2.75, 3.05) is 32.8 Å². The van der Waals surface area contributed by atoms with Gasteiger partial charge in [-0.3, -0.25) is 9.69 Å². The van der Waals surface area contributed by atoms with Crippen LogP contribution in [0.25, 0.3) is 0 Å². The lowest BCUT2D eigenvalue weighted by atomic mass is 9.99. The Labute approximate surface area is 161 Å². The SMILES string of the molecule is Cc1ccc(C(C)N2CCN(C(=O)COc3ccc(O)cc3)CC2)c(C)c1. The van der Waals surface area contributed by atoms with Gasteiger partial charge in [0.25, 0.3) is 5.91 Å². The Kier molecular flexibility index (Phi) is 6.01. The lowest BCUT2D eigenvalue weighted by molar-refractivity contribution is -0.135. The van der Waals surface area contributed by atoms with Crippen LogP contribution in [-0.4, -0.2) is 53.6 Å². The maximum atomic E-state index is 12.4. The molecule has 1 unspecified atom stereocenters. The molecule has 0 saturated carbocycles. The molecule has 3 rings (SSSR count). The number of nitrogens with zero attached hydrogens (tertiary/aromatic N) is 2. The number of hydrogen-bond acceptors (Lipinski definition) is 4. The van der Waals surface area contributed by atoms with E-state index in [-0.39, 0.29) is 18.3 Å². The molecular formula is C22H28N2O3. The monoisotopic (exact) mass is 368 g/mol. The normalized spacial score (nSPS) is 16.2. The van der Waals surface area contributed by atoms with Crippen molar-refractivity contribution in [2.24, 2.45) is 0 Å². The number of benzene rings is 2. The van der Waals surface area contributed by atoms with Crippen LogP contribution in [0.15, 0.2) is 42.5 Å². The predicted octanol–water partition coefficient (Wildman–Crippen LogP) is 3.29. The van der Waals surface area contributed by atoms with Crippen LogP contribution in [0, 0.1) is 13.8 Å². The summed E-state index contributed by atoms with van der Waals surface area (Å²) in [6.45, 7) is 9.70. The molecule has 1 atom stereocenters. The summed E-state index contributed by atoms with van der Waals surface area (Å²) in [5, 5.41) is 9.29. The van der Waals surface area contributed by atoms with Crippen LogP contribution in [0.4, 0.5) is 0 Å². The van der Waals surface area contributed by atoms with Gasteiger partial charge in [0.05, 0.1) is 0 Å². The number of ether oxygens (including phenoxy) is 1. The van der Waals surface area contributed by atoms with Crippen molar-refractivity contribution in [3.8, 4) is 11.5 Å². The fraction of sp³-hybridized carbons (Fsp3) is 0.409. The van der Waals surface area contributed by atoms with Crippen LogP contribution in [-0.2, 0) is 4.79 Å². The maximum absolute atomic E-state index is 12.4. The van der Waals surface area contributed by atoms with E-state index in [1.54, 1.807) is 24.3 Å². The van der Waals surface area contributed by atoms with Gasteiger partial charge in [-0.2, -0.15) is 0 Å². The van der Waals surface area contributed by atoms with Gasteiger partial charge in [0, 0.05) is 32.2 Å². The molecule has 1 amide bonds. The molecule has 27 heavy (non-hydrogen) atoms. The first-order chi connectivity index (χ1) is 12.9. The van der Waals surface area contributed by atoms with Crippen molar-refractivity contribution in [3.05, 3.63) is 59.2 Å². The van der Waals surface area contributed by atoms with Crippen LogP contribution >= 0.6 is 0 Å². The molecule has 1 aliphatic heterocycles. The molecule has 1 fully saturated rings. The van der Waals surface area contributed by atoms with Gasteiger partial charge in [-0.25, -0.2) is 0 Å². The van der Waals surface area contributed by atoms with E-state index in [0.29, 0.717) is 24.9 Å². The minimum Gasteiger partial charge on any atom is -0.508 e. The predicted molar refractivity (Wildman–Crippen MR) is 106 cm³/mol. The molecule has 0 spiro atoms. The third-order valence-corrected chi connectivity index (χ3v) is 5.29. The third-order valence-electron chi connectivity index (χ3n) is 5.29. The van der Waals surface area contributed by atoms with Crippen molar-refractivity contribution in [1.82, 2.24) is 9.80 Å². The summed E-state index contributed by atoms with van der Waals surface area (Å²) in [6, 6.07) is 13.4. The van der Waals surface area contributed by atoms with Gasteiger partial charge >= 0.3 is 0 Å². The third kappa shape index (κ3) is 4.80. The van der Waals surface area contributed by atoms with Crippen LogP contribution in [0.5, 0.6) is 11.5 Å². The molecular weight excluding hydrogens is 340 g/mol. The average Bonchev–Trinajstić information content (AvgIpc) is 2.67. The zero-order valence-corrected chi connectivity index (χ0v) is 16.3. The number of phenolic OH excluding ortho intramolecular Hbond substituents is 1. The van der Waals surface area contributed by atoms with Crippen molar-refractivity contribution < 1.29 is 14.6 Å². The van der Waals surface area contributed by atoms with E-state index in [0.717, 1.165) is 13.1 Å². The summed E-state index contributed by atoms with van der Waals surface area (Å²) in [4.78, 5) is 16.7. The van der Waals surface area contributed by atoms with Crippen LogP contribution < -0.4 is 4.74 Å². The Morgan fingerprint density at radius 2 is 1.74 bits per heavy atom. The number of carbonyl (C=O) groups is 1. The summed E-state index contributed by atoms with van der Waals surface area (Å²) in [6.07, 6.45) is 0. The second kappa shape index (κ2) is 8.44. The lowest BCUT2D eigenvalue weighted by Gasteiger charge is -2.38. The second-order valence-corrected chi connectivity index (χ2v) is 7.24. The lowest BCUT2D eigenvalue weighted by Crippen LogP contribution is -2.50. The zero-order chi connectivity index (χ0) is 19.4. The Hall–Kier alpha value is -2.53. The van der Waals surface area contributed by atoms with Crippen molar-refractivity contribution in [1.29, 1.82) is 0 Å². The number of aromatic hydroxyl groups is 1. The molecule has 5 nitrogen and oxygen atoms in total. The molecule has 0 aliphatic carbocycles. The average molecular weight is 368 g/mol. The molecule has 2 aromatic carbocycles. The summed E-state index contributed by atoms with van der Waals surface area (Å²) in [5.41, 5.74) is 3.96. The van der Waals surface area contributed by atoms with E-state index in [2.05, 4.69) is 43.9 Å². The minimum atomic E-state index is 0.00175. The highest BCUT2D eigenvalue weighted by Crippen LogP contribution is 2.25. The van der Waals surface area contributed by atoms with E-state index >= 15 is 0 Å². The molecule has 1 aliphatic rings. The molecule has 0 radical (unpaired) electrons. The van der Waals surface area contributed by atoms with E-state index in [4.69, 9.17) is 4.74 Å². The van der Waals surface area contributed by atoms with E-state index in [1.165, 1.54) is 16.7 Å². The number of piperazine rings is 1. The van der Waals surface area contributed by atoms with Crippen molar-refractivity contribution in [2.45, 2.75) is 26.8 Å². The molecule has 144 valence electrons. The standard InChI is InChI=1S/C22H28N2O3/c1-16-4-9-21(17(2)14-16)18(3)23-10-12-24(13-11-23)22(26)15-27-20-7-5-19(25)6-8-20/h4-9,14,18,25H,10-13,15H2,1-3H3. The Bertz CT molecular complexity index is 781. The van der Waals surface area contributed by atoms with Gasteiger partial charge in [-0.15, -0.1) is 0 Å². The first kappa shape index (κ1) is 19.2. The molecule has 0 bridgehead atoms. The number of hydrogen-bond donors (Lipinski definition) is 1. The first-order valence-electron chi connectivity index (χ1n) is 9.45. The minimum absolute atomic E-state index is 0.00175. The Morgan fingerprint density at radius 3 is 2.37 bits per heavy atom. The van der Waals surface area contributed by atoms with Gasteiger partial charge in [0.2, 0.25) is 0 Å².